The van der Waals surface area contributed by atoms with Crippen molar-refractivity contribution < 1.29 is 0 Å². The van der Waals surface area contributed by atoms with Crippen LogP contribution in [0.15, 0.2) is 12.3 Å². The van der Waals surface area contributed by atoms with Gasteiger partial charge in [-0.1, -0.05) is 26.3 Å². The molecule has 1 spiro atoms. The molecule has 116 valence electrons. The first-order valence-corrected chi connectivity index (χ1v) is 9.57. The van der Waals surface area contributed by atoms with Crippen molar-refractivity contribution in [2.75, 3.05) is 0 Å². The second-order valence-corrected chi connectivity index (χ2v) is 9.53. The number of fused-ring (bicyclic) bond motifs is 2. The standard InChI is InChI=1S/C20H31N/c1-13-5-3-4-6-18(13)21-14(2)19-9-15-7-16-8-17(11-19)20(16,10-15)12-19/h13,15-18,21H,2-12H2,1H3. The number of nitrogens with one attached hydrogen (secondary N) is 1. The molecule has 0 aromatic rings. The minimum Gasteiger partial charge on any atom is -0.385 e. The monoisotopic (exact) mass is 285 g/mol. The third-order valence-corrected chi connectivity index (χ3v) is 8.58. The Morgan fingerprint density at radius 3 is 2.76 bits per heavy atom. The molecule has 0 radical (unpaired) electrons. The van der Waals surface area contributed by atoms with Gasteiger partial charge in [-0.2, -0.15) is 0 Å². The lowest BCUT2D eigenvalue weighted by atomic mass is 9.55. The second kappa shape index (κ2) is 4.09. The molecule has 1 nitrogen and oxygen atoms in total. The average molecular weight is 285 g/mol. The fraction of sp³-hybridized carbons (Fsp3) is 0.900. The van der Waals surface area contributed by atoms with E-state index in [9.17, 15) is 0 Å². The summed E-state index contributed by atoms with van der Waals surface area (Å²) in [6.07, 6.45) is 14.8. The SMILES string of the molecule is C=C(NC1CCCCC1C)C12CC3CC4CC(C1)C4(C3)C2. The lowest BCUT2D eigenvalue weighted by molar-refractivity contribution is -0.00153. The molecular formula is C20H31N. The summed E-state index contributed by atoms with van der Waals surface area (Å²) in [5.41, 5.74) is 2.75. The highest BCUT2D eigenvalue weighted by Gasteiger charge is 2.71. The summed E-state index contributed by atoms with van der Waals surface area (Å²) >= 11 is 0. The van der Waals surface area contributed by atoms with Crippen LogP contribution >= 0.6 is 0 Å². The van der Waals surface area contributed by atoms with Gasteiger partial charge in [-0.3, -0.25) is 0 Å². The van der Waals surface area contributed by atoms with Crippen molar-refractivity contribution in [1.29, 1.82) is 0 Å². The first-order chi connectivity index (χ1) is 10.1. The minimum atomic E-state index is 0.496. The van der Waals surface area contributed by atoms with Crippen molar-refractivity contribution in [1.82, 2.24) is 5.32 Å². The van der Waals surface area contributed by atoms with Gasteiger partial charge in [0, 0.05) is 17.2 Å². The van der Waals surface area contributed by atoms with Gasteiger partial charge in [0.15, 0.2) is 0 Å². The van der Waals surface area contributed by atoms with Crippen LogP contribution in [0.3, 0.4) is 0 Å². The normalized spacial score (nSPS) is 56.9. The van der Waals surface area contributed by atoms with Gasteiger partial charge >= 0.3 is 0 Å². The quantitative estimate of drug-likeness (QED) is 0.779. The van der Waals surface area contributed by atoms with Gasteiger partial charge in [0.1, 0.15) is 0 Å². The minimum absolute atomic E-state index is 0.496. The lowest BCUT2D eigenvalue weighted by Gasteiger charge is -2.49. The Morgan fingerprint density at radius 2 is 1.90 bits per heavy atom. The zero-order valence-corrected chi connectivity index (χ0v) is 13.7. The van der Waals surface area contributed by atoms with E-state index in [4.69, 9.17) is 0 Å². The Hall–Kier alpha value is -0.460. The predicted molar refractivity (Wildman–Crippen MR) is 86.7 cm³/mol. The van der Waals surface area contributed by atoms with E-state index in [0.29, 0.717) is 11.5 Å². The zero-order chi connectivity index (χ0) is 14.2. The Bertz CT molecular complexity index is 478. The first-order valence-electron chi connectivity index (χ1n) is 9.57. The van der Waals surface area contributed by atoms with Crippen molar-refractivity contribution in [3.8, 4) is 0 Å². The molecule has 7 unspecified atom stereocenters. The fourth-order valence-electron chi connectivity index (χ4n) is 7.62. The van der Waals surface area contributed by atoms with E-state index in [1.807, 2.05) is 0 Å². The second-order valence-electron chi connectivity index (χ2n) is 9.53. The van der Waals surface area contributed by atoms with Gasteiger partial charge in [0.2, 0.25) is 0 Å². The van der Waals surface area contributed by atoms with E-state index >= 15 is 0 Å². The molecule has 21 heavy (non-hydrogen) atoms. The highest BCUT2D eigenvalue weighted by atomic mass is 15.0. The summed E-state index contributed by atoms with van der Waals surface area (Å²) < 4.78 is 0. The van der Waals surface area contributed by atoms with Crippen molar-refractivity contribution in [3.05, 3.63) is 12.3 Å². The van der Waals surface area contributed by atoms with Crippen LogP contribution in [0.4, 0.5) is 0 Å². The van der Waals surface area contributed by atoms with Crippen molar-refractivity contribution in [2.24, 2.45) is 34.5 Å². The number of allylic oxidation sites excluding steroid dienone is 1. The number of hydrogen-bond donors (Lipinski definition) is 1. The Kier molecular flexibility index (Phi) is 2.53. The molecule has 0 aromatic carbocycles. The molecule has 0 aliphatic heterocycles. The van der Waals surface area contributed by atoms with E-state index in [1.165, 1.54) is 50.6 Å². The maximum absolute atomic E-state index is 4.61. The lowest BCUT2D eigenvalue weighted by Crippen LogP contribution is -2.43. The maximum atomic E-state index is 4.61. The van der Waals surface area contributed by atoms with Gasteiger partial charge in [-0.15, -0.1) is 0 Å². The van der Waals surface area contributed by atoms with E-state index in [1.54, 1.807) is 19.3 Å². The van der Waals surface area contributed by atoms with Gasteiger partial charge in [0.05, 0.1) is 0 Å². The van der Waals surface area contributed by atoms with Crippen LogP contribution in [0.2, 0.25) is 0 Å². The number of hydrogen-bond acceptors (Lipinski definition) is 1. The molecule has 0 amide bonds. The van der Waals surface area contributed by atoms with E-state index in [2.05, 4.69) is 18.8 Å². The Balaban J connectivity index is 1.37. The van der Waals surface area contributed by atoms with Gasteiger partial charge in [0.25, 0.3) is 0 Å². The molecule has 0 heterocycles. The van der Waals surface area contributed by atoms with Gasteiger partial charge < -0.3 is 5.32 Å². The van der Waals surface area contributed by atoms with Crippen molar-refractivity contribution >= 4 is 0 Å². The zero-order valence-electron chi connectivity index (χ0n) is 13.7. The van der Waals surface area contributed by atoms with E-state index in [0.717, 1.165) is 29.1 Å². The highest BCUT2D eigenvalue weighted by molar-refractivity contribution is 5.27. The average Bonchev–Trinajstić information content (AvgIpc) is 2.77. The number of rotatable bonds is 3. The van der Waals surface area contributed by atoms with Crippen LogP contribution in [0.1, 0.15) is 71.1 Å². The molecule has 3 bridgehead atoms. The summed E-state index contributed by atoms with van der Waals surface area (Å²) in [6.45, 7) is 7.06. The third kappa shape index (κ3) is 1.59. The van der Waals surface area contributed by atoms with Crippen molar-refractivity contribution in [3.63, 3.8) is 0 Å². The molecule has 5 aliphatic rings. The largest absolute Gasteiger partial charge is 0.385 e. The van der Waals surface area contributed by atoms with Crippen LogP contribution in [0.25, 0.3) is 0 Å². The molecule has 0 saturated heterocycles. The van der Waals surface area contributed by atoms with E-state index in [-0.39, 0.29) is 0 Å². The Morgan fingerprint density at radius 1 is 1.05 bits per heavy atom. The summed E-state index contributed by atoms with van der Waals surface area (Å²) in [5, 5.41) is 3.97. The van der Waals surface area contributed by atoms with E-state index < -0.39 is 0 Å². The van der Waals surface area contributed by atoms with Gasteiger partial charge in [-0.05, 0) is 80.5 Å². The molecule has 1 N–H and O–H groups in total. The summed E-state index contributed by atoms with van der Waals surface area (Å²) in [7, 11) is 0. The highest BCUT2D eigenvalue weighted by Crippen LogP contribution is 2.79. The molecule has 5 rings (SSSR count). The van der Waals surface area contributed by atoms with Crippen LogP contribution in [-0.2, 0) is 0 Å². The van der Waals surface area contributed by atoms with Crippen LogP contribution in [-0.4, -0.2) is 6.04 Å². The molecule has 5 aliphatic carbocycles. The van der Waals surface area contributed by atoms with Crippen molar-refractivity contribution in [2.45, 2.75) is 77.2 Å². The first kappa shape index (κ1) is 13.0. The molecular weight excluding hydrogens is 254 g/mol. The van der Waals surface area contributed by atoms with Crippen LogP contribution in [0.5, 0.6) is 0 Å². The topological polar surface area (TPSA) is 12.0 Å². The van der Waals surface area contributed by atoms with Crippen LogP contribution in [0, 0.1) is 34.5 Å². The summed E-state index contributed by atoms with van der Waals surface area (Å²) in [4.78, 5) is 0. The molecule has 5 saturated carbocycles. The molecule has 5 fully saturated rings. The maximum Gasteiger partial charge on any atom is 0.0283 e. The molecule has 1 heteroatoms. The smallest absolute Gasteiger partial charge is 0.0283 e. The summed E-state index contributed by atoms with van der Waals surface area (Å²) in [5.74, 6) is 4.06. The van der Waals surface area contributed by atoms with Crippen LogP contribution < -0.4 is 5.32 Å². The predicted octanol–water partition coefficient (Wildman–Crippen LogP) is 4.88. The fourth-order valence-corrected chi connectivity index (χ4v) is 7.62. The molecule has 7 atom stereocenters. The molecule has 0 aromatic heterocycles. The summed E-state index contributed by atoms with van der Waals surface area (Å²) in [6, 6.07) is 0.715. The van der Waals surface area contributed by atoms with Gasteiger partial charge in [-0.25, -0.2) is 0 Å². The third-order valence-electron chi connectivity index (χ3n) is 8.58. The Labute approximate surface area is 130 Å².